The number of carbonyl (C=O) groups excluding carboxylic acids is 1. The second-order valence-electron chi connectivity index (χ2n) is 2.87. The first-order valence-corrected chi connectivity index (χ1v) is 4.28. The van der Waals surface area contributed by atoms with E-state index in [4.69, 9.17) is 14.2 Å². The monoisotopic (exact) mass is 194 g/mol. The van der Waals surface area contributed by atoms with E-state index in [1.54, 1.807) is 12.1 Å². The van der Waals surface area contributed by atoms with E-state index in [0.717, 1.165) is 6.29 Å². The zero-order valence-corrected chi connectivity index (χ0v) is 7.78. The van der Waals surface area contributed by atoms with Gasteiger partial charge in [0.15, 0.2) is 11.5 Å². The molecule has 0 unspecified atom stereocenters. The van der Waals surface area contributed by atoms with E-state index in [0.29, 0.717) is 36.0 Å². The lowest BCUT2D eigenvalue weighted by molar-refractivity contribution is 0.112. The highest BCUT2D eigenvalue weighted by Crippen LogP contribution is 2.39. The van der Waals surface area contributed by atoms with E-state index in [1.807, 2.05) is 0 Å². The van der Waals surface area contributed by atoms with E-state index < -0.39 is 0 Å². The minimum absolute atomic E-state index is 0.498. The highest BCUT2D eigenvalue weighted by molar-refractivity contribution is 5.78. The van der Waals surface area contributed by atoms with Crippen molar-refractivity contribution in [3.63, 3.8) is 0 Å². The first kappa shape index (κ1) is 8.87. The lowest BCUT2D eigenvalue weighted by Crippen LogP contribution is -2.16. The molecule has 0 aromatic heterocycles. The zero-order chi connectivity index (χ0) is 9.97. The molecule has 2 rings (SSSR count). The van der Waals surface area contributed by atoms with Gasteiger partial charge in [-0.15, -0.1) is 0 Å². The van der Waals surface area contributed by atoms with Gasteiger partial charge in [-0.3, -0.25) is 4.79 Å². The van der Waals surface area contributed by atoms with Crippen LogP contribution in [0.25, 0.3) is 0 Å². The quantitative estimate of drug-likeness (QED) is 0.665. The van der Waals surface area contributed by atoms with Crippen LogP contribution in [0.15, 0.2) is 12.1 Å². The molecule has 4 nitrogen and oxygen atoms in total. The summed E-state index contributed by atoms with van der Waals surface area (Å²) in [6, 6.07) is 3.27. The summed E-state index contributed by atoms with van der Waals surface area (Å²) in [4.78, 5) is 10.6. The number of carbonyl (C=O) groups is 1. The Labute approximate surface area is 81.4 Å². The lowest BCUT2D eigenvalue weighted by atomic mass is 10.2. The summed E-state index contributed by atoms with van der Waals surface area (Å²) in [5, 5.41) is 0. The summed E-state index contributed by atoms with van der Waals surface area (Å²) in [5.74, 6) is 1.67. The molecule has 0 fully saturated rings. The summed E-state index contributed by atoms with van der Waals surface area (Å²) in [6.45, 7) is 1.00. The summed E-state index contributed by atoms with van der Waals surface area (Å²) < 4.78 is 15.8. The van der Waals surface area contributed by atoms with Gasteiger partial charge in [0.2, 0.25) is 5.75 Å². The van der Waals surface area contributed by atoms with Crippen LogP contribution in [-0.2, 0) is 0 Å². The predicted octanol–water partition coefficient (Wildman–Crippen LogP) is 1.28. The fraction of sp³-hybridized carbons (Fsp3) is 0.300. The SMILES string of the molecule is COc1cc(C=O)cc2c1OCCO2. The number of aldehydes is 1. The molecule has 1 aliphatic heterocycles. The van der Waals surface area contributed by atoms with Gasteiger partial charge < -0.3 is 14.2 Å². The minimum atomic E-state index is 0.498. The average Bonchev–Trinajstić information content (AvgIpc) is 2.27. The van der Waals surface area contributed by atoms with Crippen molar-refractivity contribution in [2.24, 2.45) is 0 Å². The summed E-state index contributed by atoms with van der Waals surface area (Å²) in [6.07, 6.45) is 0.751. The lowest BCUT2D eigenvalue weighted by Gasteiger charge is -2.20. The predicted molar refractivity (Wildman–Crippen MR) is 49.4 cm³/mol. The number of benzene rings is 1. The number of methoxy groups -OCH3 is 1. The molecule has 1 aromatic carbocycles. The van der Waals surface area contributed by atoms with Gasteiger partial charge in [0.1, 0.15) is 19.5 Å². The molecule has 0 saturated carbocycles. The maximum atomic E-state index is 10.6. The van der Waals surface area contributed by atoms with E-state index in [1.165, 1.54) is 7.11 Å². The summed E-state index contributed by atoms with van der Waals surface area (Å²) in [5.41, 5.74) is 0.520. The van der Waals surface area contributed by atoms with Gasteiger partial charge in [-0.1, -0.05) is 0 Å². The van der Waals surface area contributed by atoms with E-state index in [-0.39, 0.29) is 0 Å². The molecule has 0 amide bonds. The van der Waals surface area contributed by atoms with Gasteiger partial charge in [-0.05, 0) is 12.1 Å². The van der Waals surface area contributed by atoms with Gasteiger partial charge >= 0.3 is 0 Å². The van der Waals surface area contributed by atoms with Crippen LogP contribution >= 0.6 is 0 Å². The highest BCUT2D eigenvalue weighted by Gasteiger charge is 2.17. The second-order valence-corrected chi connectivity index (χ2v) is 2.87. The van der Waals surface area contributed by atoms with Crippen LogP contribution in [0.2, 0.25) is 0 Å². The fourth-order valence-corrected chi connectivity index (χ4v) is 1.36. The third-order valence-electron chi connectivity index (χ3n) is 1.99. The molecule has 0 saturated heterocycles. The molecule has 0 N–H and O–H groups in total. The van der Waals surface area contributed by atoms with Gasteiger partial charge in [-0.2, -0.15) is 0 Å². The van der Waals surface area contributed by atoms with E-state index in [9.17, 15) is 4.79 Å². The Kier molecular flexibility index (Phi) is 2.26. The largest absolute Gasteiger partial charge is 0.493 e. The van der Waals surface area contributed by atoms with Crippen LogP contribution in [0.4, 0.5) is 0 Å². The maximum Gasteiger partial charge on any atom is 0.203 e. The van der Waals surface area contributed by atoms with Gasteiger partial charge in [0.25, 0.3) is 0 Å². The molecular formula is C10H10O4. The Morgan fingerprint density at radius 1 is 1.36 bits per heavy atom. The molecule has 4 heteroatoms. The maximum absolute atomic E-state index is 10.6. The van der Waals surface area contributed by atoms with Crippen LogP contribution in [-0.4, -0.2) is 26.6 Å². The number of hydrogen-bond acceptors (Lipinski definition) is 4. The Bertz CT molecular complexity index is 342. The van der Waals surface area contributed by atoms with Gasteiger partial charge in [0, 0.05) is 5.56 Å². The van der Waals surface area contributed by atoms with Crippen LogP contribution in [0.1, 0.15) is 10.4 Å². The van der Waals surface area contributed by atoms with Gasteiger partial charge in [0.05, 0.1) is 7.11 Å². The first-order chi connectivity index (χ1) is 6.85. The number of ether oxygens (including phenoxy) is 3. The molecule has 0 spiro atoms. The van der Waals surface area contributed by atoms with Crippen molar-refractivity contribution >= 4 is 6.29 Å². The van der Waals surface area contributed by atoms with E-state index in [2.05, 4.69) is 0 Å². The third kappa shape index (κ3) is 1.39. The molecule has 74 valence electrons. The number of fused-ring (bicyclic) bond motifs is 1. The Morgan fingerprint density at radius 3 is 2.86 bits per heavy atom. The minimum Gasteiger partial charge on any atom is -0.493 e. The Morgan fingerprint density at radius 2 is 2.14 bits per heavy atom. The van der Waals surface area contributed by atoms with Crippen molar-refractivity contribution < 1.29 is 19.0 Å². The Balaban J connectivity index is 2.52. The van der Waals surface area contributed by atoms with Crippen LogP contribution in [0, 0.1) is 0 Å². The number of hydrogen-bond donors (Lipinski definition) is 0. The number of rotatable bonds is 2. The second kappa shape index (κ2) is 3.57. The molecule has 1 aliphatic rings. The summed E-state index contributed by atoms with van der Waals surface area (Å²) >= 11 is 0. The molecule has 1 heterocycles. The van der Waals surface area contributed by atoms with Crippen molar-refractivity contribution in [1.82, 2.24) is 0 Å². The van der Waals surface area contributed by atoms with Crippen molar-refractivity contribution in [1.29, 1.82) is 0 Å². The van der Waals surface area contributed by atoms with E-state index >= 15 is 0 Å². The standard InChI is InChI=1S/C10H10O4/c1-12-8-4-7(6-11)5-9-10(8)14-3-2-13-9/h4-6H,2-3H2,1H3. The molecule has 14 heavy (non-hydrogen) atoms. The molecule has 0 radical (unpaired) electrons. The molecule has 0 aliphatic carbocycles. The molecule has 0 bridgehead atoms. The molecule has 1 aromatic rings. The van der Waals surface area contributed by atoms with Crippen LogP contribution < -0.4 is 14.2 Å². The highest BCUT2D eigenvalue weighted by atomic mass is 16.6. The molecule has 0 atom stereocenters. The van der Waals surface area contributed by atoms with Crippen molar-refractivity contribution in [3.05, 3.63) is 17.7 Å². The Hall–Kier alpha value is -1.71. The topological polar surface area (TPSA) is 44.8 Å². The first-order valence-electron chi connectivity index (χ1n) is 4.28. The summed E-state index contributed by atoms with van der Waals surface area (Å²) in [7, 11) is 1.53. The van der Waals surface area contributed by atoms with Crippen molar-refractivity contribution in [2.45, 2.75) is 0 Å². The van der Waals surface area contributed by atoms with Gasteiger partial charge in [-0.25, -0.2) is 0 Å². The zero-order valence-electron chi connectivity index (χ0n) is 7.78. The normalized spacial score (nSPS) is 13.5. The third-order valence-corrected chi connectivity index (χ3v) is 1.99. The smallest absolute Gasteiger partial charge is 0.203 e. The van der Waals surface area contributed by atoms with Crippen molar-refractivity contribution in [3.8, 4) is 17.2 Å². The van der Waals surface area contributed by atoms with Crippen LogP contribution in [0.3, 0.4) is 0 Å². The average molecular weight is 194 g/mol. The fourth-order valence-electron chi connectivity index (χ4n) is 1.36. The van der Waals surface area contributed by atoms with Crippen LogP contribution in [0.5, 0.6) is 17.2 Å². The van der Waals surface area contributed by atoms with Crippen molar-refractivity contribution in [2.75, 3.05) is 20.3 Å². The molecular weight excluding hydrogens is 184 g/mol.